The summed E-state index contributed by atoms with van der Waals surface area (Å²) >= 11 is 0. The lowest BCUT2D eigenvalue weighted by atomic mass is 10.2. The van der Waals surface area contributed by atoms with Crippen molar-refractivity contribution in [3.05, 3.63) is 64.8 Å². The van der Waals surface area contributed by atoms with Crippen molar-refractivity contribution in [3.63, 3.8) is 0 Å². The molecular weight excluding hydrogens is 648 g/mol. The van der Waals surface area contributed by atoms with E-state index in [4.69, 9.17) is 29.0 Å². The first-order valence-electron chi connectivity index (χ1n) is 12.4. The standard InChI is InChI=1S/C21H18F2N6O3.2C2HF3O2/c22-12-7-14(9-15(8-12)29-3-5-31-6-4-29)26-20-24-11-16(23)19(28-20)25-13-1-2-18-17(10-13)27-21(30)32-18;2*3-2(4,5)1(6)7/h1-2,7-11H,3-6H2,(H,27,30)(H2,24,25,26,28);2*(H,6,7). The van der Waals surface area contributed by atoms with Gasteiger partial charge < -0.3 is 34.9 Å². The highest BCUT2D eigenvalue weighted by atomic mass is 19.4. The smallest absolute Gasteiger partial charge is 0.475 e. The highest BCUT2D eigenvalue weighted by Crippen LogP contribution is 2.26. The maximum absolute atomic E-state index is 14.3. The van der Waals surface area contributed by atoms with E-state index in [-0.39, 0.29) is 11.8 Å². The summed E-state index contributed by atoms with van der Waals surface area (Å²) in [4.78, 5) is 41.8. The van der Waals surface area contributed by atoms with E-state index in [1.54, 1.807) is 24.3 Å². The van der Waals surface area contributed by atoms with Crippen LogP contribution in [0.25, 0.3) is 11.1 Å². The van der Waals surface area contributed by atoms with Gasteiger partial charge in [0.2, 0.25) is 5.95 Å². The summed E-state index contributed by atoms with van der Waals surface area (Å²) < 4.78 is 102. The molecule has 2 aromatic heterocycles. The number of aliphatic carboxylic acids is 2. The minimum absolute atomic E-state index is 0.0857. The molecule has 1 fully saturated rings. The van der Waals surface area contributed by atoms with E-state index in [0.717, 1.165) is 6.20 Å². The molecular formula is C25H20F8N6O7. The van der Waals surface area contributed by atoms with Crippen LogP contribution in [-0.2, 0) is 14.3 Å². The van der Waals surface area contributed by atoms with Crippen molar-refractivity contribution in [2.45, 2.75) is 12.4 Å². The first-order valence-corrected chi connectivity index (χ1v) is 12.4. The molecule has 248 valence electrons. The number of aromatic nitrogens is 3. The number of H-pyrrole nitrogens is 1. The normalized spacial score (nSPS) is 13.2. The monoisotopic (exact) mass is 668 g/mol. The van der Waals surface area contributed by atoms with Crippen molar-refractivity contribution in [2.75, 3.05) is 41.8 Å². The number of ether oxygens (including phenoxy) is 1. The third-order valence-electron chi connectivity index (χ3n) is 5.43. The Labute approximate surface area is 250 Å². The van der Waals surface area contributed by atoms with Crippen LogP contribution in [-0.4, -0.2) is 75.8 Å². The lowest BCUT2D eigenvalue weighted by Gasteiger charge is -2.29. The SMILES string of the molecule is O=C(O)C(F)(F)F.O=C(O)C(F)(F)F.O=c1[nH]c2cc(Nc3nc(Nc4cc(F)cc(N5CCOCC5)c4)ncc3F)ccc2o1. The van der Waals surface area contributed by atoms with Crippen LogP contribution < -0.4 is 21.3 Å². The fourth-order valence-electron chi connectivity index (χ4n) is 3.46. The van der Waals surface area contributed by atoms with Crippen LogP contribution in [0.1, 0.15) is 0 Å². The van der Waals surface area contributed by atoms with Crippen LogP contribution in [0.4, 0.5) is 64.0 Å². The summed E-state index contributed by atoms with van der Waals surface area (Å²) in [5.41, 5.74) is 2.47. The van der Waals surface area contributed by atoms with Crippen LogP contribution in [0.2, 0.25) is 0 Å². The fourth-order valence-corrected chi connectivity index (χ4v) is 3.46. The maximum atomic E-state index is 14.3. The van der Waals surface area contributed by atoms with Gasteiger partial charge in [-0.1, -0.05) is 0 Å². The average molecular weight is 668 g/mol. The van der Waals surface area contributed by atoms with Crippen LogP contribution in [0.5, 0.6) is 0 Å². The minimum Gasteiger partial charge on any atom is -0.475 e. The van der Waals surface area contributed by atoms with Crippen molar-refractivity contribution in [2.24, 2.45) is 0 Å². The van der Waals surface area contributed by atoms with Crippen molar-refractivity contribution >= 4 is 51.9 Å². The van der Waals surface area contributed by atoms with E-state index in [0.29, 0.717) is 54.5 Å². The van der Waals surface area contributed by atoms with E-state index in [2.05, 4.69) is 25.6 Å². The van der Waals surface area contributed by atoms with Crippen LogP contribution >= 0.6 is 0 Å². The van der Waals surface area contributed by atoms with Gasteiger partial charge in [-0.3, -0.25) is 4.98 Å². The topological polar surface area (TPSA) is 183 Å². The molecule has 46 heavy (non-hydrogen) atoms. The molecule has 0 saturated carbocycles. The number of aromatic amines is 1. The van der Waals surface area contributed by atoms with Gasteiger partial charge in [-0.25, -0.2) is 28.1 Å². The number of nitrogens with one attached hydrogen (secondary N) is 3. The number of fused-ring (bicyclic) bond motifs is 1. The number of carboxylic acid groups (broad SMARTS) is 2. The number of halogens is 8. The lowest BCUT2D eigenvalue weighted by molar-refractivity contribution is -0.193. The molecule has 0 bridgehead atoms. The number of hydrogen-bond donors (Lipinski definition) is 5. The summed E-state index contributed by atoms with van der Waals surface area (Å²) in [6.07, 6.45) is -9.15. The molecule has 21 heteroatoms. The molecule has 4 aromatic rings. The average Bonchev–Trinajstić information content (AvgIpc) is 3.34. The Morgan fingerprint density at radius 1 is 0.891 bits per heavy atom. The van der Waals surface area contributed by atoms with Gasteiger partial charge >= 0.3 is 30.0 Å². The molecule has 13 nitrogen and oxygen atoms in total. The number of rotatable bonds is 5. The van der Waals surface area contributed by atoms with Gasteiger partial charge in [0.25, 0.3) is 0 Å². The zero-order valence-corrected chi connectivity index (χ0v) is 22.7. The Kier molecular flexibility index (Phi) is 11.1. The predicted octanol–water partition coefficient (Wildman–Crippen LogP) is 4.78. The molecule has 5 N–H and O–H groups in total. The van der Waals surface area contributed by atoms with Gasteiger partial charge in [-0.2, -0.15) is 31.3 Å². The van der Waals surface area contributed by atoms with E-state index >= 15 is 0 Å². The van der Waals surface area contributed by atoms with Crippen molar-refractivity contribution in [3.8, 4) is 0 Å². The number of oxazole rings is 1. The Balaban J connectivity index is 0.000000345. The summed E-state index contributed by atoms with van der Waals surface area (Å²) in [5.74, 6) is -7.19. The zero-order chi connectivity index (χ0) is 34.2. The number of alkyl halides is 6. The molecule has 1 aliphatic rings. The molecule has 1 saturated heterocycles. The van der Waals surface area contributed by atoms with Crippen molar-refractivity contribution in [1.29, 1.82) is 0 Å². The molecule has 0 spiro atoms. The number of hydrogen-bond acceptors (Lipinski definition) is 10. The number of morpholine rings is 1. The number of carbonyl (C=O) groups is 2. The van der Waals surface area contributed by atoms with Crippen LogP contribution in [0.15, 0.2) is 51.8 Å². The summed E-state index contributed by atoms with van der Waals surface area (Å²) in [6, 6.07) is 9.33. The van der Waals surface area contributed by atoms with Gasteiger partial charge in [0.1, 0.15) is 5.82 Å². The molecule has 0 unspecified atom stereocenters. The van der Waals surface area contributed by atoms with Crippen LogP contribution in [0.3, 0.4) is 0 Å². The molecule has 0 radical (unpaired) electrons. The van der Waals surface area contributed by atoms with Crippen molar-refractivity contribution < 1.29 is 64.1 Å². The maximum Gasteiger partial charge on any atom is 0.490 e. The van der Waals surface area contributed by atoms with Gasteiger partial charge in [-0.15, -0.1) is 0 Å². The Morgan fingerprint density at radius 3 is 2.09 bits per heavy atom. The second-order valence-electron chi connectivity index (χ2n) is 8.77. The molecule has 0 amide bonds. The van der Waals surface area contributed by atoms with E-state index in [1.807, 2.05) is 4.90 Å². The third kappa shape index (κ3) is 10.3. The first-order chi connectivity index (χ1) is 21.4. The zero-order valence-electron chi connectivity index (χ0n) is 22.7. The second-order valence-corrected chi connectivity index (χ2v) is 8.77. The lowest BCUT2D eigenvalue weighted by Crippen LogP contribution is -2.36. The Morgan fingerprint density at radius 2 is 1.50 bits per heavy atom. The number of anilines is 5. The van der Waals surface area contributed by atoms with E-state index in [9.17, 15) is 39.9 Å². The summed E-state index contributed by atoms with van der Waals surface area (Å²) in [7, 11) is 0. The summed E-state index contributed by atoms with van der Waals surface area (Å²) in [5, 5.41) is 20.0. The number of benzene rings is 2. The van der Waals surface area contributed by atoms with Crippen molar-refractivity contribution in [1.82, 2.24) is 15.0 Å². The predicted molar refractivity (Wildman–Crippen MR) is 142 cm³/mol. The summed E-state index contributed by atoms with van der Waals surface area (Å²) in [6.45, 7) is 2.48. The Hall–Kier alpha value is -5.47. The highest BCUT2D eigenvalue weighted by molar-refractivity contribution is 5.78. The minimum atomic E-state index is -5.08. The first kappa shape index (κ1) is 35.0. The molecule has 0 atom stereocenters. The molecule has 0 aliphatic carbocycles. The molecule has 2 aromatic carbocycles. The van der Waals surface area contributed by atoms with E-state index < -0.39 is 41.7 Å². The van der Waals surface area contributed by atoms with Gasteiger partial charge in [0.05, 0.1) is 24.9 Å². The van der Waals surface area contributed by atoms with E-state index in [1.165, 1.54) is 12.1 Å². The second kappa shape index (κ2) is 14.5. The highest BCUT2D eigenvalue weighted by Gasteiger charge is 2.38. The number of nitrogens with zero attached hydrogens (tertiary/aromatic N) is 3. The molecule has 1 aliphatic heterocycles. The molecule has 3 heterocycles. The third-order valence-corrected chi connectivity index (χ3v) is 5.43. The quantitative estimate of drug-likeness (QED) is 0.184. The van der Waals surface area contributed by atoms with Gasteiger partial charge in [0.15, 0.2) is 17.2 Å². The molecule has 5 rings (SSSR count). The van der Waals surface area contributed by atoms with Crippen LogP contribution in [0, 0.1) is 11.6 Å². The number of carboxylic acids is 2. The fraction of sp³-hybridized carbons (Fsp3) is 0.240. The van der Waals surface area contributed by atoms with Gasteiger partial charge in [-0.05, 0) is 36.4 Å². The Bertz CT molecular complexity index is 1710. The largest absolute Gasteiger partial charge is 0.490 e. The van der Waals surface area contributed by atoms with Gasteiger partial charge in [0, 0.05) is 30.2 Å².